The minimum absolute atomic E-state index is 0.112. The van der Waals surface area contributed by atoms with E-state index in [2.05, 4.69) is 41.5 Å². The van der Waals surface area contributed by atoms with Crippen LogP contribution in [0.5, 0.6) is 5.75 Å². The third-order valence-corrected chi connectivity index (χ3v) is 10.5. The van der Waals surface area contributed by atoms with Crippen LogP contribution in [0.2, 0.25) is 0 Å². The summed E-state index contributed by atoms with van der Waals surface area (Å²) in [5.41, 5.74) is -0.890. The van der Waals surface area contributed by atoms with Crippen LogP contribution >= 0.6 is 11.3 Å². The Balaban J connectivity index is 1.44. The van der Waals surface area contributed by atoms with Gasteiger partial charge >= 0.3 is 19.2 Å². The Morgan fingerprint density at radius 1 is 1.08 bits per heavy atom. The Bertz CT molecular complexity index is 1650. The van der Waals surface area contributed by atoms with Crippen LogP contribution in [0.15, 0.2) is 28.7 Å². The van der Waals surface area contributed by atoms with Crippen LogP contribution in [0, 0.1) is 17.3 Å². The lowest BCUT2D eigenvalue weighted by Gasteiger charge is -2.64. The average Bonchev–Trinajstić information content (AvgIpc) is 3.60. The van der Waals surface area contributed by atoms with E-state index in [1.165, 1.54) is 14.2 Å². The Morgan fingerprint density at radius 2 is 1.78 bits per heavy atom. The third kappa shape index (κ3) is 7.79. The Morgan fingerprint density at radius 3 is 2.40 bits per heavy atom. The minimum atomic E-state index is -0.831. The summed E-state index contributed by atoms with van der Waals surface area (Å²) >= 11 is 1.10. The Kier molecular flexibility index (Phi) is 10.4. The van der Waals surface area contributed by atoms with Crippen LogP contribution < -0.4 is 15.4 Å². The van der Waals surface area contributed by atoms with Crippen molar-refractivity contribution >= 4 is 47.3 Å². The van der Waals surface area contributed by atoms with Crippen LogP contribution in [0.25, 0.3) is 0 Å². The number of amides is 2. The number of methoxy groups -OCH3 is 1. The number of para-hydroxylation sites is 1. The van der Waals surface area contributed by atoms with Crippen molar-refractivity contribution in [3.05, 3.63) is 40.4 Å². The van der Waals surface area contributed by atoms with E-state index in [1.54, 1.807) is 59.1 Å². The number of carbonyl (C=O) groups is 3. The molecule has 3 aliphatic carbocycles. The van der Waals surface area contributed by atoms with Gasteiger partial charge in [0.1, 0.15) is 35.3 Å². The molecule has 0 radical (unpaired) electrons. The highest BCUT2D eigenvalue weighted by molar-refractivity contribution is 7.14. The van der Waals surface area contributed by atoms with E-state index in [1.807, 2.05) is 6.07 Å². The Hall–Kier alpha value is -3.69. The molecule has 13 nitrogen and oxygen atoms in total. The van der Waals surface area contributed by atoms with Gasteiger partial charge in [0, 0.05) is 5.38 Å². The molecule has 1 aliphatic heterocycles. The van der Waals surface area contributed by atoms with Gasteiger partial charge in [-0.2, -0.15) is 0 Å². The van der Waals surface area contributed by atoms with Gasteiger partial charge in [-0.05, 0) is 96.6 Å². The van der Waals surface area contributed by atoms with Crippen LogP contribution in [-0.4, -0.2) is 78.9 Å². The number of carbonyl (C=O) groups excluding carboxylic acids is 3. The van der Waals surface area contributed by atoms with Crippen molar-refractivity contribution in [3.8, 4) is 5.75 Å². The predicted octanol–water partition coefficient (Wildman–Crippen LogP) is 5.80. The number of anilines is 1. The van der Waals surface area contributed by atoms with Crippen molar-refractivity contribution in [1.29, 1.82) is 0 Å². The first-order valence-corrected chi connectivity index (χ1v) is 17.7. The molecular formula is C35H49BN4O9S. The quantitative estimate of drug-likeness (QED) is 0.134. The highest BCUT2D eigenvalue weighted by atomic mass is 32.1. The van der Waals surface area contributed by atoms with E-state index in [9.17, 15) is 14.4 Å². The minimum Gasteiger partial charge on any atom is -0.496 e. The van der Waals surface area contributed by atoms with Crippen molar-refractivity contribution in [2.24, 2.45) is 22.4 Å². The summed E-state index contributed by atoms with van der Waals surface area (Å²) in [6, 6.07) is 5.22. The SMILES string of the molecule is CO/N=C(\C(=O)NC(Cc1cccc(C(=O)OC(C)(C)C)c1OC)B1OC2C[C@H]3C[C@@H](C3(C)C)[C@]2(C)O1)c1csc(NC(=O)OC(C)(C)C)n1. The van der Waals surface area contributed by atoms with Crippen LogP contribution in [0.1, 0.15) is 96.8 Å². The topological polar surface area (TPSA) is 156 Å². The smallest absolute Gasteiger partial charge is 0.482 e. The molecule has 5 atom stereocenters. The number of hydrogen-bond acceptors (Lipinski definition) is 12. The van der Waals surface area contributed by atoms with Crippen molar-refractivity contribution in [2.45, 2.75) is 110 Å². The van der Waals surface area contributed by atoms with Crippen molar-refractivity contribution in [1.82, 2.24) is 10.3 Å². The molecule has 2 bridgehead atoms. The molecule has 2 amide bonds. The van der Waals surface area contributed by atoms with Crippen LogP contribution in [0.3, 0.4) is 0 Å². The molecule has 1 aromatic heterocycles. The summed E-state index contributed by atoms with van der Waals surface area (Å²) in [4.78, 5) is 49.1. The number of oxime groups is 1. The number of thiazole rings is 1. The summed E-state index contributed by atoms with van der Waals surface area (Å²) in [6.07, 6.45) is 1.27. The predicted molar refractivity (Wildman–Crippen MR) is 189 cm³/mol. The molecule has 6 rings (SSSR count). The number of nitrogens with zero attached hydrogens (tertiary/aromatic N) is 2. The first-order valence-electron chi connectivity index (χ1n) is 16.9. The number of hydrogen-bond donors (Lipinski definition) is 2. The first-order chi connectivity index (χ1) is 23.3. The lowest BCUT2D eigenvalue weighted by Crippen LogP contribution is -2.65. The molecule has 2 aromatic rings. The maximum absolute atomic E-state index is 14.1. The number of rotatable bonds is 10. The molecule has 4 aliphatic rings. The molecule has 2 N–H and O–H groups in total. The molecule has 15 heteroatoms. The Labute approximate surface area is 298 Å². The van der Waals surface area contributed by atoms with Crippen molar-refractivity contribution in [2.75, 3.05) is 19.5 Å². The van der Waals surface area contributed by atoms with Gasteiger partial charge in [-0.15, -0.1) is 11.3 Å². The molecule has 272 valence electrons. The van der Waals surface area contributed by atoms with E-state index in [0.29, 0.717) is 23.1 Å². The zero-order valence-corrected chi connectivity index (χ0v) is 31.6. The number of esters is 1. The van der Waals surface area contributed by atoms with Gasteiger partial charge in [-0.25, -0.2) is 14.6 Å². The van der Waals surface area contributed by atoms with Gasteiger partial charge in [0.2, 0.25) is 0 Å². The number of aromatic nitrogens is 1. The molecule has 1 aromatic carbocycles. The standard InChI is InChI=1S/C35H49BN4O9S/c1-32(2,3)46-29(42)21-14-12-13-19(27(21)44-10)15-25(36-48-24-17-20-16-23(34(20,7)8)35(24,9)49-36)38-28(41)26(40-45-11)22-18-50-30(37-22)39-31(43)47-33(4,5)6/h12-14,18,20,23-25H,15-17H2,1-11H3,(H,38,41)(H,37,39,43)/b40-26-/t20-,23+,24?,25?,35+/m1/s1. The largest absolute Gasteiger partial charge is 0.496 e. The fraction of sp³-hybridized carbons (Fsp3) is 0.629. The zero-order valence-electron chi connectivity index (χ0n) is 30.8. The lowest BCUT2D eigenvalue weighted by molar-refractivity contribution is -0.199. The third-order valence-electron chi connectivity index (χ3n) is 9.73. The second-order valence-corrected chi connectivity index (χ2v) is 16.8. The number of ether oxygens (including phenoxy) is 3. The lowest BCUT2D eigenvalue weighted by atomic mass is 9.43. The van der Waals surface area contributed by atoms with E-state index in [0.717, 1.165) is 24.2 Å². The van der Waals surface area contributed by atoms with Gasteiger partial charge in [0.15, 0.2) is 10.8 Å². The summed E-state index contributed by atoms with van der Waals surface area (Å²) in [7, 11) is 1.98. The summed E-state index contributed by atoms with van der Waals surface area (Å²) in [6.45, 7) is 17.3. The molecule has 3 saturated carbocycles. The van der Waals surface area contributed by atoms with Crippen LogP contribution in [0.4, 0.5) is 9.93 Å². The zero-order chi connectivity index (χ0) is 36.8. The highest BCUT2D eigenvalue weighted by Crippen LogP contribution is 2.65. The molecule has 2 unspecified atom stereocenters. The second kappa shape index (κ2) is 13.8. The summed E-state index contributed by atoms with van der Waals surface area (Å²) in [5, 5.41) is 11.5. The molecule has 4 fully saturated rings. The molecule has 2 heterocycles. The monoisotopic (exact) mass is 712 g/mol. The first kappa shape index (κ1) is 37.6. The normalized spacial score (nSPS) is 24.7. The van der Waals surface area contributed by atoms with Gasteiger partial charge in [-0.3, -0.25) is 10.1 Å². The van der Waals surface area contributed by atoms with Gasteiger partial charge in [-0.1, -0.05) is 31.1 Å². The number of benzene rings is 1. The molecular weight excluding hydrogens is 663 g/mol. The van der Waals surface area contributed by atoms with E-state index < -0.39 is 47.8 Å². The van der Waals surface area contributed by atoms with Crippen LogP contribution in [-0.2, 0) is 34.8 Å². The van der Waals surface area contributed by atoms with Gasteiger partial charge < -0.3 is 33.7 Å². The molecule has 0 spiro atoms. The summed E-state index contributed by atoms with van der Waals surface area (Å²) < 4.78 is 30.2. The second-order valence-electron chi connectivity index (χ2n) is 15.9. The van der Waals surface area contributed by atoms with E-state index in [4.69, 9.17) is 28.4 Å². The fourth-order valence-electron chi connectivity index (χ4n) is 7.37. The molecule has 1 saturated heterocycles. The van der Waals surface area contributed by atoms with E-state index >= 15 is 0 Å². The van der Waals surface area contributed by atoms with Crippen molar-refractivity contribution < 1.29 is 42.7 Å². The average molecular weight is 713 g/mol. The summed E-state index contributed by atoms with van der Waals surface area (Å²) in [5.74, 6) is -0.742. The van der Waals surface area contributed by atoms with Gasteiger partial charge in [0.25, 0.3) is 5.91 Å². The molecule has 50 heavy (non-hydrogen) atoms. The maximum atomic E-state index is 14.1. The van der Waals surface area contributed by atoms with E-state index in [-0.39, 0.29) is 40.0 Å². The number of nitrogens with one attached hydrogen (secondary N) is 2. The van der Waals surface area contributed by atoms with Gasteiger partial charge in [0.05, 0.1) is 24.8 Å². The highest BCUT2D eigenvalue weighted by Gasteiger charge is 2.68. The maximum Gasteiger partial charge on any atom is 0.482 e. The fourth-order valence-corrected chi connectivity index (χ4v) is 8.05. The van der Waals surface area contributed by atoms with Crippen molar-refractivity contribution in [3.63, 3.8) is 0 Å².